The molecule has 0 bridgehead atoms. The fourth-order valence-electron chi connectivity index (χ4n) is 9.17. The number of methoxy groups -OCH3 is 1. The summed E-state index contributed by atoms with van der Waals surface area (Å²) in [7, 11) is 8.88. The van der Waals surface area contributed by atoms with Gasteiger partial charge in [0.2, 0.25) is 0 Å². The van der Waals surface area contributed by atoms with Crippen molar-refractivity contribution in [1.29, 1.82) is 0 Å². The van der Waals surface area contributed by atoms with E-state index in [4.69, 9.17) is 37.9 Å². The summed E-state index contributed by atoms with van der Waals surface area (Å²) >= 11 is 0. The van der Waals surface area contributed by atoms with E-state index in [0.29, 0.717) is 12.8 Å². The minimum absolute atomic E-state index is 0.0394. The number of nitrogens with zero attached hydrogens (tertiary/aromatic N) is 2. The van der Waals surface area contributed by atoms with Crippen LogP contribution in [0.4, 0.5) is 0 Å². The average Bonchev–Trinajstić information content (AvgIpc) is 3.13. The predicted molar refractivity (Wildman–Crippen MR) is 218 cm³/mol. The van der Waals surface area contributed by atoms with Crippen molar-refractivity contribution in [3.8, 4) is 0 Å². The van der Waals surface area contributed by atoms with E-state index < -0.39 is 122 Å². The number of carboxylic acids is 1. The summed E-state index contributed by atoms with van der Waals surface area (Å²) in [6, 6.07) is -0.548. The number of cyclic esters (lactones) is 1. The molecule has 346 valence electrons. The van der Waals surface area contributed by atoms with Gasteiger partial charge in [-0.2, -0.15) is 0 Å². The maximum Gasteiger partial charge on any atom is 0.308 e. The minimum Gasteiger partial charge on any atom is -0.481 e. The van der Waals surface area contributed by atoms with Crippen LogP contribution in [0.25, 0.3) is 0 Å². The third-order valence-electron chi connectivity index (χ3n) is 12.4. The molecule has 0 saturated carbocycles. The summed E-state index contributed by atoms with van der Waals surface area (Å²) in [5.74, 6) is -3.02. The van der Waals surface area contributed by atoms with Crippen LogP contribution in [0.1, 0.15) is 86.5 Å². The first-order chi connectivity index (χ1) is 28.1. The van der Waals surface area contributed by atoms with Gasteiger partial charge in [0, 0.05) is 26.0 Å². The van der Waals surface area contributed by atoms with E-state index >= 15 is 0 Å². The Hall–Kier alpha value is -2.10. The van der Waals surface area contributed by atoms with Gasteiger partial charge in [0.25, 0.3) is 0 Å². The van der Waals surface area contributed by atoms with E-state index in [1.165, 1.54) is 14.0 Å². The summed E-state index contributed by atoms with van der Waals surface area (Å²) in [5.41, 5.74) is -1.49. The number of carbonyl (C=O) groups is 2. The number of aliphatic hydroxyl groups is 4. The Morgan fingerprint density at radius 3 is 2.15 bits per heavy atom. The summed E-state index contributed by atoms with van der Waals surface area (Å²) in [6.07, 6.45) is -4.18. The predicted octanol–water partition coefficient (Wildman–Crippen LogP) is 2.21. The number of aliphatic carboxylic acids is 1. The number of hydrogen-bond donors (Lipinski definition) is 5. The molecule has 0 aromatic carbocycles. The van der Waals surface area contributed by atoms with Crippen LogP contribution in [0.15, 0.2) is 24.3 Å². The van der Waals surface area contributed by atoms with Gasteiger partial charge in [0.05, 0.1) is 61.1 Å². The summed E-state index contributed by atoms with van der Waals surface area (Å²) in [4.78, 5) is 29.7. The third kappa shape index (κ3) is 13.5. The number of allylic oxidation sites excluding steroid dienone is 2. The number of esters is 1. The molecule has 3 fully saturated rings. The van der Waals surface area contributed by atoms with Crippen molar-refractivity contribution in [3.63, 3.8) is 0 Å². The number of hydrogen-bond acceptors (Lipinski definition) is 16. The van der Waals surface area contributed by atoms with Crippen LogP contribution in [-0.2, 0) is 47.5 Å². The van der Waals surface area contributed by atoms with E-state index in [0.717, 1.165) is 6.42 Å². The molecular weight excluding hydrogens is 784 g/mol. The highest BCUT2D eigenvalue weighted by molar-refractivity contribution is 5.70. The molecule has 4 rings (SSSR count). The lowest BCUT2D eigenvalue weighted by molar-refractivity contribution is -0.344. The molecule has 17 nitrogen and oxygen atoms in total. The molecule has 0 radical (unpaired) electrons. The quantitative estimate of drug-likeness (QED) is 0.188. The Balaban J connectivity index is 1.69. The van der Waals surface area contributed by atoms with Crippen molar-refractivity contribution < 1.29 is 73.0 Å². The highest BCUT2D eigenvalue weighted by Crippen LogP contribution is 2.37. The molecule has 3 saturated heterocycles. The Bertz CT molecular complexity index is 1410. The number of ether oxygens (including phenoxy) is 8. The third-order valence-corrected chi connectivity index (χ3v) is 12.4. The van der Waals surface area contributed by atoms with Gasteiger partial charge >= 0.3 is 11.9 Å². The van der Waals surface area contributed by atoms with Crippen molar-refractivity contribution in [2.24, 2.45) is 11.8 Å². The van der Waals surface area contributed by atoms with Gasteiger partial charge in [-0.1, -0.05) is 31.2 Å². The molecule has 5 N–H and O–H groups in total. The first kappa shape index (κ1) is 50.5. The van der Waals surface area contributed by atoms with Crippen LogP contribution in [0, 0.1) is 11.8 Å². The molecule has 17 heteroatoms. The Morgan fingerprint density at radius 2 is 1.55 bits per heavy atom. The van der Waals surface area contributed by atoms with E-state index in [1.54, 1.807) is 39.8 Å². The molecule has 4 aliphatic heterocycles. The zero-order chi connectivity index (χ0) is 44.6. The van der Waals surface area contributed by atoms with Crippen molar-refractivity contribution >= 4 is 11.9 Å². The smallest absolute Gasteiger partial charge is 0.308 e. The van der Waals surface area contributed by atoms with Gasteiger partial charge in [-0.3, -0.25) is 9.59 Å². The lowest BCUT2D eigenvalue weighted by Gasteiger charge is -2.50. The second-order valence-electron chi connectivity index (χ2n) is 18.0. The maximum absolute atomic E-state index is 13.1. The molecule has 0 aliphatic carbocycles. The van der Waals surface area contributed by atoms with E-state index in [2.05, 4.69) is 4.90 Å². The average molecular weight is 859 g/mol. The van der Waals surface area contributed by atoms with Crippen LogP contribution >= 0.6 is 0 Å². The number of aliphatic hydroxyl groups excluding tert-OH is 3. The molecule has 0 aromatic rings. The molecule has 1 unspecified atom stereocenters. The fourth-order valence-corrected chi connectivity index (χ4v) is 9.17. The second-order valence-corrected chi connectivity index (χ2v) is 18.0. The molecule has 60 heavy (non-hydrogen) atoms. The van der Waals surface area contributed by atoms with E-state index in [-0.39, 0.29) is 30.9 Å². The monoisotopic (exact) mass is 859 g/mol. The van der Waals surface area contributed by atoms with Crippen molar-refractivity contribution in [2.75, 3.05) is 35.3 Å². The van der Waals surface area contributed by atoms with Gasteiger partial charge in [-0.15, -0.1) is 0 Å². The largest absolute Gasteiger partial charge is 0.481 e. The number of carbonyl (C=O) groups excluding carboxylic acids is 1. The maximum atomic E-state index is 13.1. The van der Waals surface area contributed by atoms with Gasteiger partial charge < -0.3 is 73.2 Å². The van der Waals surface area contributed by atoms with Gasteiger partial charge in [-0.05, 0) is 93.9 Å². The van der Waals surface area contributed by atoms with Crippen LogP contribution in [-0.4, -0.2) is 186 Å². The topological polar surface area (TPSA) is 216 Å². The summed E-state index contributed by atoms with van der Waals surface area (Å²) in [5, 5.41) is 55.4. The fraction of sp³-hybridized carbons (Fsp3) is 0.860. The van der Waals surface area contributed by atoms with Crippen molar-refractivity contribution in [1.82, 2.24) is 9.80 Å². The first-order valence-corrected chi connectivity index (χ1v) is 21.4. The highest BCUT2D eigenvalue weighted by atomic mass is 16.7. The number of carboxylic acid groups (broad SMARTS) is 1. The first-order valence-electron chi connectivity index (χ1n) is 21.4. The summed E-state index contributed by atoms with van der Waals surface area (Å²) < 4.78 is 49.8. The highest BCUT2D eigenvalue weighted by Gasteiger charge is 2.52. The molecular formula is C43H74N2O15. The SMILES string of the molecule is COC1[C@H](O)CC(=O)O[C@H](C)C/C=C/C=C/[C@H](O[C@@H]2CC[C@H](N(C)C)[C@@H](C)O2)[C@H](C)C[C@H](CC(=O)O)[C@@H]1O[C@@H]1O[C@H](C)[C@@H](O[C@H]2C[C@@](C)(O)[C@@H](O)[C@H](C)O2)[C@H](N(C)C)[C@H]1O. The standard InChI is InChI=1S/C43H74N2O15/c1-23-19-28(20-32(47)48)39(60-42-37(50)36(45(9)10)38(26(4)57-42)59-35-22-43(6,52)41(51)27(5)56-35)40(53-11)30(46)21-33(49)54-24(2)15-13-12-14-16-31(23)58-34-18-17-29(44(7)8)25(3)55-34/h12-14,16,23-31,34-42,46,50-52H,15,17-22H2,1-11H3,(H,47,48)/b13-12+,16-14+/t23-,24-,25-,26-,27+,28-,29+,30-,31+,34-,35+,36-,37-,38-,39+,40?,41+,42+,43-/m1/s1. The number of rotatable bonds is 11. The van der Waals surface area contributed by atoms with E-state index in [1.807, 2.05) is 52.2 Å². The second kappa shape index (κ2) is 22.5. The zero-order valence-corrected chi connectivity index (χ0v) is 37.4. The van der Waals surface area contributed by atoms with Gasteiger partial charge in [0.1, 0.15) is 30.5 Å². The molecule has 19 atom stereocenters. The van der Waals surface area contributed by atoms with Crippen molar-refractivity contribution in [3.05, 3.63) is 24.3 Å². The normalized spacial score (nSPS) is 45.2. The number of likely N-dealkylation sites (N-methyl/N-ethyl adjacent to an activating group) is 2. The Labute approximate surface area is 355 Å². The minimum atomic E-state index is -1.50. The van der Waals surface area contributed by atoms with Crippen LogP contribution in [0.3, 0.4) is 0 Å². The van der Waals surface area contributed by atoms with Crippen LogP contribution in [0.5, 0.6) is 0 Å². The lowest BCUT2D eigenvalue weighted by atomic mass is 9.82. The molecule has 4 heterocycles. The Kier molecular flexibility index (Phi) is 19.0. The molecule has 0 spiro atoms. The molecule has 0 amide bonds. The Morgan fingerprint density at radius 1 is 0.867 bits per heavy atom. The van der Waals surface area contributed by atoms with Crippen LogP contribution < -0.4 is 0 Å². The van der Waals surface area contributed by atoms with Crippen LogP contribution in [0.2, 0.25) is 0 Å². The lowest BCUT2D eigenvalue weighted by Crippen LogP contribution is -2.65. The summed E-state index contributed by atoms with van der Waals surface area (Å²) in [6.45, 7) is 10.6. The van der Waals surface area contributed by atoms with Gasteiger partial charge in [0.15, 0.2) is 18.9 Å². The molecule has 4 aliphatic rings. The molecule has 0 aromatic heterocycles. The van der Waals surface area contributed by atoms with E-state index in [9.17, 15) is 35.1 Å². The van der Waals surface area contributed by atoms with Crippen molar-refractivity contribution in [2.45, 2.75) is 190 Å². The van der Waals surface area contributed by atoms with Gasteiger partial charge in [-0.25, -0.2) is 0 Å². The zero-order valence-electron chi connectivity index (χ0n) is 37.4.